The average molecular weight is 271 g/mol. The molecule has 20 heavy (non-hydrogen) atoms. The highest BCUT2D eigenvalue weighted by molar-refractivity contribution is 5.82. The van der Waals surface area contributed by atoms with E-state index in [1.807, 2.05) is 0 Å². The van der Waals surface area contributed by atoms with Gasteiger partial charge in [-0.25, -0.2) is 0 Å². The molecule has 0 radical (unpaired) electrons. The predicted octanol–water partition coefficient (Wildman–Crippen LogP) is 2.99. The number of benzene rings is 1. The lowest BCUT2D eigenvalue weighted by Gasteiger charge is -2.49. The summed E-state index contributed by atoms with van der Waals surface area (Å²) in [7, 11) is 0. The first-order chi connectivity index (χ1) is 9.38. The predicted molar refractivity (Wildman–Crippen MR) is 83.8 cm³/mol. The van der Waals surface area contributed by atoms with Gasteiger partial charge in [0, 0.05) is 6.04 Å². The van der Waals surface area contributed by atoms with E-state index in [1.54, 1.807) is 0 Å². The minimum atomic E-state index is -0.0234. The van der Waals surface area contributed by atoms with Crippen LogP contribution >= 0.6 is 0 Å². The van der Waals surface area contributed by atoms with E-state index in [9.17, 15) is 0 Å². The molecule has 0 fully saturated rings. The Balaban J connectivity index is 2.17. The van der Waals surface area contributed by atoms with Gasteiger partial charge in [0.2, 0.25) is 0 Å². The Morgan fingerprint density at radius 1 is 1.15 bits per heavy atom. The highest BCUT2D eigenvalue weighted by Gasteiger charge is 2.50. The number of fused-ring (bicyclic) bond motifs is 2. The molecule has 0 amide bonds. The monoisotopic (exact) mass is 271 g/mol. The molecule has 108 valence electrons. The van der Waals surface area contributed by atoms with E-state index in [4.69, 9.17) is 5.73 Å². The van der Waals surface area contributed by atoms with Gasteiger partial charge in [0.1, 0.15) is 0 Å². The van der Waals surface area contributed by atoms with Gasteiger partial charge in [-0.15, -0.1) is 0 Å². The number of hydrogen-bond acceptors (Lipinski definition) is 3. The molecule has 1 heterocycles. The molecule has 1 aromatic rings. The quantitative estimate of drug-likeness (QED) is 0.853. The second-order valence-electron chi connectivity index (χ2n) is 7.10. The van der Waals surface area contributed by atoms with Gasteiger partial charge in [-0.3, -0.25) is 4.99 Å². The van der Waals surface area contributed by atoms with Crippen molar-refractivity contribution in [3.63, 3.8) is 0 Å². The Labute approximate surface area is 121 Å². The lowest BCUT2D eigenvalue weighted by atomic mass is 9.65. The zero-order chi connectivity index (χ0) is 14.5. The van der Waals surface area contributed by atoms with Crippen LogP contribution in [0.1, 0.15) is 51.7 Å². The number of nitrogens with zero attached hydrogens (tertiary/aromatic N) is 2. The first-order valence-electron chi connectivity index (χ1n) is 7.58. The van der Waals surface area contributed by atoms with E-state index in [1.165, 1.54) is 17.5 Å². The van der Waals surface area contributed by atoms with Gasteiger partial charge >= 0.3 is 0 Å². The van der Waals surface area contributed by atoms with E-state index in [0.29, 0.717) is 12.0 Å². The van der Waals surface area contributed by atoms with Gasteiger partial charge in [-0.2, -0.15) is 0 Å². The second kappa shape index (κ2) is 4.24. The zero-order valence-electron chi connectivity index (χ0n) is 13.0. The fourth-order valence-corrected chi connectivity index (χ4v) is 4.02. The fourth-order valence-electron chi connectivity index (χ4n) is 4.02. The van der Waals surface area contributed by atoms with Crippen LogP contribution in [-0.2, 0) is 11.0 Å². The molecule has 3 rings (SSSR count). The molecule has 1 atom stereocenters. The van der Waals surface area contributed by atoms with Gasteiger partial charge in [-0.1, -0.05) is 38.1 Å². The first kappa shape index (κ1) is 13.5. The first-order valence-corrected chi connectivity index (χ1v) is 7.58. The van der Waals surface area contributed by atoms with Crippen LogP contribution in [0.3, 0.4) is 0 Å². The molecule has 2 aliphatic rings. The lowest BCUT2D eigenvalue weighted by Crippen LogP contribution is -2.55. The molecule has 3 heteroatoms. The summed E-state index contributed by atoms with van der Waals surface area (Å²) in [5.74, 6) is 0.703. The van der Waals surface area contributed by atoms with Crippen LogP contribution in [0.15, 0.2) is 29.3 Å². The van der Waals surface area contributed by atoms with E-state index in [0.717, 1.165) is 13.0 Å². The average Bonchev–Trinajstić information content (AvgIpc) is 2.73. The Morgan fingerprint density at radius 3 is 2.45 bits per heavy atom. The van der Waals surface area contributed by atoms with Gasteiger partial charge in [0.15, 0.2) is 5.96 Å². The van der Waals surface area contributed by atoms with Crippen LogP contribution in [0.2, 0.25) is 0 Å². The van der Waals surface area contributed by atoms with Gasteiger partial charge in [0.25, 0.3) is 0 Å². The van der Waals surface area contributed by atoms with Gasteiger partial charge in [-0.05, 0) is 43.2 Å². The van der Waals surface area contributed by atoms with Crippen molar-refractivity contribution in [2.24, 2.45) is 10.7 Å². The molecule has 0 saturated heterocycles. The SMILES string of the molecule is CC(C)N1C(N)=NCC12CCC(C)(C)c1ccccc12. The van der Waals surface area contributed by atoms with Crippen molar-refractivity contribution in [1.82, 2.24) is 4.90 Å². The Hall–Kier alpha value is -1.51. The summed E-state index contributed by atoms with van der Waals surface area (Å²) in [6, 6.07) is 9.23. The summed E-state index contributed by atoms with van der Waals surface area (Å²) in [4.78, 5) is 6.92. The highest BCUT2D eigenvalue weighted by atomic mass is 15.4. The molecular formula is C17H25N3. The number of aliphatic imine (C=N–C) groups is 1. The zero-order valence-corrected chi connectivity index (χ0v) is 13.0. The van der Waals surface area contributed by atoms with Crippen LogP contribution in [0.4, 0.5) is 0 Å². The molecule has 2 N–H and O–H groups in total. The largest absolute Gasteiger partial charge is 0.370 e. The van der Waals surface area contributed by atoms with E-state index >= 15 is 0 Å². The molecule has 1 unspecified atom stereocenters. The topological polar surface area (TPSA) is 41.6 Å². The molecule has 1 aliphatic heterocycles. The van der Waals surface area contributed by atoms with Crippen molar-refractivity contribution in [3.05, 3.63) is 35.4 Å². The van der Waals surface area contributed by atoms with Crippen LogP contribution in [0.25, 0.3) is 0 Å². The number of hydrogen-bond donors (Lipinski definition) is 1. The van der Waals surface area contributed by atoms with E-state index in [-0.39, 0.29) is 11.0 Å². The van der Waals surface area contributed by atoms with Crippen molar-refractivity contribution < 1.29 is 0 Å². The maximum atomic E-state index is 6.19. The lowest BCUT2D eigenvalue weighted by molar-refractivity contribution is 0.124. The summed E-state index contributed by atoms with van der Waals surface area (Å²) in [6.07, 6.45) is 2.30. The molecule has 0 aromatic heterocycles. The minimum absolute atomic E-state index is 0.0234. The number of guanidine groups is 1. The van der Waals surface area contributed by atoms with Crippen molar-refractivity contribution in [2.45, 2.75) is 57.5 Å². The van der Waals surface area contributed by atoms with Crippen LogP contribution in [0.5, 0.6) is 0 Å². The third-order valence-electron chi connectivity index (χ3n) is 5.05. The third-order valence-corrected chi connectivity index (χ3v) is 5.05. The number of rotatable bonds is 1. The summed E-state index contributed by atoms with van der Waals surface area (Å²) < 4.78 is 0. The van der Waals surface area contributed by atoms with Crippen LogP contribution in [0, 0.1) is 0 Å². The number of nitrogens with two attached hydrogens (primary N) is 1. The molecule has 1 aliphatic carbocycles. The standard InChI is InChI=1S/C17H25N3/c1-12(2)20-15(18)19-11-17(20)10-9-16(3,4)13-7-5-6-8-14(13)17/h5-8,12H,9-11H2,1-4H3,(H2,18,19). The van der Waals surface area contributed by atoms with Gasteiger partial charge in [0.05, 0.1) is 12.1 Å². The maximum Gasteiger partial charge on any atom is 0.192 e. The van der Waals surface area contributed by atoms with E-state index < -0.39 is 0 Å². The minimum Gasteiger partial charge on any atom is -0.370 e. The molecular weight excluding hydrogens is 246 g/mol. The Morgan fingerprint density at radius 2 is 1.80 bits per heavy atom. The molecule has 1 spiro atoms. The molecule has 1 aromatic carbocycles. The summed E-state index contributed by atoms with van der Waals surface area (Å²) in [5, 5.41) is 0. The van der Waals surface area contributed by atoms with E-state index in [2.05, 4.69) is 61.9 Å². The van der Waals surface area contributed by atoms with Crippen LogP contribution < -0.4 is 5.73 Å². The van der Waals surface area contributed by atoms with Crippen molar-refractivity contribution in [2.75, 3.05) is 6.54 Å². The van der Waals surface area contributed by atoms with Crippen molar-refractivity contribution >= 4 is 5.96 Å². The third kappa shape index (κ3) is 1.68. The normalized spacial score (nSPS) is 27.9. The van der Waals surface area contributed by atoms with Crippen molar-refractivity contribution in [3.8, 4) is 0 Å². The molecule has 0 saturated carbocycles. The highest BCUT2D eigenvalue weighted by Crippen LogP contribution is 2.49. The Bertz CT molecular complexity index is 559. The van der Waals surface area contributed by atoms with Crippen molar-refractivity contribution in [1.29, 1.82) is 0 Å². The maximum absolute atomic E-state index is 6.19. The summed E-state index contributed by atoms with van der Waals surface area (Å²) >= 11 is 0. The Kier molecular flexibility index (Phi) is 2.86. The fraction of sp³-hybridized carbons (Fsp3) is 0.588. The van der Waals surface area contributed by atoms with Crippen LogP contribution in [-0.4, -0.2) is 23.4 Å². The smallest absolute Gasteiger partial charge is 0.192 e. The second-order valence-corrected chi connectivity index (χ2v) is 7.10. The summed E-state index contributed by atoms with van der Waals surface area (Å²) in [6.45, 7) is 9.90. The summed E-state index contributed by atoms with van der Waals surface area (Å²) in [5.41, 5.74) is 9.29. The molecule has 3 nitrogen and oxygen atoms in total. The molecule has 0 bridgehead atoms. The van der Waals surface area contributed by atoms with Gasteiger partial charge < -0.3 is 10.6 Å².